The number of hydrogen-bond acceptors (Lipinski definition) is 3. The van der Waals surface area contributed by atoms with Gasteiger partial charge >= 0.3 is 6.03 Å². The summed E-state index contributed by atoms with van der Waals surface area (Å²) >= 11 is 0. The van der Waals surface area contributed by atoms with Gasteiger partial charge in [0, 0.05) is 24.3 Å². The van der Waals surface area contributed by atoms with Crippen molar-refractivity contribution < 1.29 is 9.90 Å². The van der Waals surface area contributed by atoms with Gasteiger partial charge in [0.1, 0.15) is 0 Å². The Balaban J connectivity index is 2.77. The fourth-order valence-electron chi connectivity index (χ4n) is 1.80. The van der Waals surface area contributed by atoms with Crippen molar-refractivity contribution >= 4 is 11.7 Å². The largest absolute Gasteiger partial charge is 0.395 e. The van der Waals surface area contributed by atoms with Crippen LogP contribution in [-0.2, 0) is 0 Å². The Morgan fingerprint density at radius 3 is 2.63 bits per heavy atom. The Bertz CT molecular complexity index is 419. The first-order valence-electron chi connectivity index (χ1n) is 6.49. The lowest BCUT2D eigenvalue weighted by Crippen LogP contribution is -2.41. The highest BCUT2D eigenvalue weighted by molar-refractivity contribution is 5.89. The Labute approximate surface area is 114 Å². The Morgan fingerprint density at radius 2 is 2.11 bits per heavy atom. The number of hydrogen-bond donors (Lipinski definition) is 3. The van der Waals surface area contributed by atoms with Gasteiger partial charge in [0.25, 0.3) is 0 Å². The van der Waals surface area contributed by atoms with Gasteiger partial charge in [-0.3, -0.25) is 0 Å². The number of urea groups is 1. The van der Waals surface area contributed by atoms with Crippen LogP contribution < -0.4 is 11.1 Å². The van der Waals surface area contributed by atoms with Crippen LogP contribution in [0, 0.1) is 0 Å². The molecule has 19 heavy (non-hydrogen) atoms. The highest BCUT2D eigenvalue weighted by Gasteiger charge is 2.16. The smallest absolute Gasteiger partial charge is 0.322 e. The SMILES string of the molecule is CC(N)c1cccc(NC(=O)N(CCO)C(C)C)c1. The predicted molar refractivity (Wildman–Crippen MR) is 77.0 cm³/mol. The number of nitrogens with two attached hydrogens (primary N) is 1. The lowest BCUT2D eigenvalue weighted by molar-refractivity contribution is 0.172. The summed E-state index contributed by atoms with van der Waals surface area (Å²) in [6.07, 6.45) is 0. The van der Waals surface area contributed by atoms with Crippen molar-refractivity contribution in [2.45, 2.75) is 32.9 Å². The van der Waals surface area contributed by atoms with Gasteiger partial charge < -0.3 is 21.1 Å². The molecular formula is C14H23N3O2. The molecule has 0 aliphatic heterocycles. The van der Waals surface area contributed by atoms with Crippen molar-refractivity contribution in [2.24, 2.45) is 5.73 Å². The number of carbonyl (C=O) groups is 1. The van der Waals surface area contributed by atoms with Gasteiger partial charge in [-0.15, -0.1) is 0 Å². The van der Waals surface area contributed by atoms with E-state index in [0.717, 1.165) is 5.56 Å². The maximum Gasteiger partial charge on any atom is 0.322 e. The zero-order chi connectivity index (χ0) is 14.4. The Morgan fingerprint density at radius 1 is 1.42 bits per heavy atom. The molecule has 5 heteroatoms. The number of rotatable bonds is 5. The fourth-order valence-corrected chi connectivity index (χ4v) is 1.80. The van der Waals surface area contributed by atoms with Crippen LogP contribution in [0.25, 0.3) is 0 Å². The molecule has 1 aromatic rings. The molecule has 1 atom stereocenters. The van der Waals surface area contributed by atoms with E-state index in [2.05, 4.69) is 5.32 Å². The maximum atomic E-state index is 12.1. The average molecular weight is 265 g/mol. The van der Waals surface area contributed by atoms with Gasteiger partial charge in [-0.25, -0.2) is 4.79 Å². The minimum absolute atomic E-state index is 0.0313. The summed E-state index contributed by atoms with van der Waals surface area (Å²) in [5.41, 5.74) is 7.49. The van der Waals surface area contributed by atoms with Crippen molar-refractivity contribution in [1.82, 2.24) is 4.90 Å². The van der Waals surface area contributed by atoms with E-state index in [1.54, 1.807) is 4.90 Å². The van der Waals surface area contributed by atoms with Crippen molar-refractivity contribution in [1.29, 1.82) is 0 Å². The van der Waals surface area contributed by atoms with E-state index in [4.69, 9.17) is 10.8 Å². The van der Waals surface area contributed by atoms with Gasteiger partial charge in [-0.2, -0.15) is 0 Å². The summed E-state index contributed by atoms with van der Waals surface area (Å²) in [4.78, 5) is 13.7. The maximum absolute atomic E-state index is 12.1. The number of benzene rings is 1. The summed E-state index contributed by atoms with van der Waals surface area (Å²) in [6.45, 7) is 5.98. The van der Waals surface area contributed by atoms with Gasteiger partial charge in [-0.1, -0.05) is 12.1 Å². The monoisotopic (exact) mass is 265 g/mol. The normalized spacial score (nSPS) is 12.3. The first kappa shape index (κ1) is 15.5. The number of aliphatic hydroxyl groups excluding tert-OH is 1. The molecule has 0 saturated carbocycles. The van der Waals surface area contributed by atoms with Gasteiger partial charge in [0.05, 0.1) is 6.61 Å². The highest BCUT2D eigenvalue weighted by Crippen LogP contribution is 2.16. The number of nitrogens with zero attached hydrogens (tertiary/aromatic N) is 1. The molecule has 0 saturated heterocycles. The van der Waals surface area contributed by atoms with E-state index >= 15 is 0 Å². The average Bonchev–Trinajstić information content (AvgIpc) is 2.35. The Kier molecular flexibility index (Phi) is 5.79. The fraction of sp³-hybridized carbons (Fsp3) is 0.500. The van der Waals surface area contributed by atoms with E-state index in [1.165, 1.54) is 0 Å². The third-order valence-electron chi connectivity index (χ3n) is 2.89. The van der Waals surface area contributed by atoms with Crippen LogP contribution in [0.4, 0.5) is 10.5 Å². The molecule has 106 valence electrons. The lowest BCUT2D eigenvalue weighted by atomic mass is 10.1. The van der Waals surface area contributed by atoms with Crippen LogP contribution in [0.15, 0.2) is 24.3 Å². The van der Waals surface area contributed by atoms with Crippen LogP contribution in [0.3, 0.4) is 0 Å². The van der Waals surface area contributed by atoms with Gasteiger partial charge in [-0.05, 0) is 38.5 Å². The standard InChI is InChI=1S/C14H23N3O2/c1-10(2)17(7-8-18)14(19)16-13-6-4-5-12(9-13)11(3)15/h4-6,9-11,18H,7-8,15H2,1-3H3,(H,16,19). The molecule has 0 fully saturated rings. The molecule has 1 aromatic carbocycles. The zero-order valence-electron chi connectivity index (χ0n) is 11.8. The summed E-state index contributed by atoms with van der Waals surface area (Å²) in [5.74, 6) is 0. The summed E-state index contributed by atoms with van der Waals surface area (Å²) in [6, 6.07) is 7.21. The van der Waals surface area contributed by atoms with E-state index in [1.807, 2.05) is 45.0 Å². The molecule has 0 radical (unpaired) electrons. The van der Waals surface area contributed by atoms with Crippen LogP contribution >= 0.6 is 0 Å². The topological polar surface area (TPSA) is 78.6 Å². The van der Waals surface area contributed by atoms with Crippen LogP contribution in [-0.4, -0.2) is 35.2 Å². The third-order valence-corrected chi connectivity index (χ3v) is 2.89. The molecule has 0 aromatic heterocycles. The third kappa shape index (κ3) is 4.54. The number of amides is 2. The molecule has 4 N–H and O–H groups in total. The second-order valence-electron chi connectivity index (χ2n) is 4.86. The van der Waals surface area contributed by atoms with Crippen LogP contribution in [0.1, 0.15) is 32.4 Å². The molecule has 0 aliphatic rings. The number of anilines is 1. The van der Waals surface area contributed by atoms with Crippen LogP contribution in [0.2, 0.25) is 0 Å². The molecule has 0 heterocycles. The summed E-state index contributed by atoms with van der Waals surface area (Å²) < 4.78 is 0. The highest BCUT2D eigenvalue weighted by atomic mass is 16.3. The number of carbonyl (C=O) groups excluding carboxylic acids is 1. The number of nitrogens with one attached hydrogen (secondary N) is 1. The van der Waals surface area contributed by atoms with Gasteiger partial charge in [0.2, 0.25) is 0 Å². The quantitative estimate of drug-likeness (QED) is 0.761. The summed E-state index contributed by atoms with van der Waals surface area (Å²) in [5, 5.41) is 11.8. The van der Waals surface area contributed by atoms with Crippen molar-refractivity contribution in [3.8, 4) is 0 Å². The molecule has 0 bridgehead atoms. The van der Waals surface area contributed by atoms with Crippen LogP contribution in [0.5, 0.6) is 0 Å². The zero-order valence-corrected chi connectivity index (χ0v) is 11.8. The molecule has 0 aliphatic carbocycles. The molecule has 1 unspecified atom stereocenters. The van der Waals surface area contributed by atoms with E-state index < -0.39 is 0 Å². The molecular weight excluding hydrogens is 242 g/mol. The van der Waals surface area contributed by atoms with E-state index in [9.17, 15) is 4.79 Å². The second kappa shape index (κ2) is 7.11. The minimum atomic E-state index is -0.217. The number of aliphatic hydroxyl groups is 1. The second-order valence-corrected chi connectivity index (χ2v) is 4.86. The Hall–Kier alpha value is -1.59. The predicted octanol–water partition coefficient (Wildman–Crippen LogP) is 1.94. The molecule has 0 spiro atoms. The van der Waals surface area contributed by atoms with Gasteiger partial charge in [0.15, 0.2) is 0 Å². The van der Waals surface area contributed by atoms with Crippen molar-refractivity contribution in [2.75, 3.05) is 18.5 Å². The minimum Gasteiger partial charge on any atom is -0.395 e. The summed E-state index contributed by atoms with van der Waals surface area (Å²) in [7, 11) is 0. The van der Waals surface area contributed by atoms with Crippen molar-refractivity contribution in [3.05, 3.63) is 29.8 Å². The molecule has 5 nitrogen and oxygen atoms in total. The first-order valence-corrected chi connectivity index (χ1v) is 6.49. The molecule has 2 amide bonds. The first-order chi connectivity index (χ1) is 8.95. The van der Waals surface area contributed by atoms with Crippen molar-refractivity contribution in [3.63, 3.8) is 0 Å². The van der Waals surface area contributed by atoms with E-state index in [0.29, 0.717) is 12.2 Å². The van der Waals surface area contributed by atoms with E-state index in [-0.39, 0.29) is 24.7 Å². The molecule has 1 rings (SSSR count). The lowest BCUT2D eigenvalue weighted by Gasteiger charge is -2.26.